The van der Waals surface area contributed by atoms with Gasteiger partial charge in [-0.15, -0.1) is 0 Å². The van der Waals surface area contributed by atoms with E-state index >= 15 is 0 Å². The summed E-state index contributed by atoms with van der Waals surface area (Å²) < 4.78 is 26.8. The number of hydrogen-bond donors (Lipinski definition) is 1. The fraction of sp³-hybridized carbons (Fsp3) is 0.350. The number of benzene rings is 2. The van der Waals surface area contributed by atoms with Crippen LogP contribution in [0.5, 0.6) is 0 Å². The van der Waals surface area contributed by atoms with Gasteiger partial charge < -0.3 is 5.32 Å². The van der Waals surface area contributed by atoms with Crippen LogP contribution < -0.4 is 5.32 Å². The summed E-state index contributed by atoms with van der Waals surface area (Å²) in [6, 6.07) is 14.4. The van der Waals surface area contributed by atoms with Crippen molar-refractivity contribution in [2.75, 3.05) is 19.6 Å². The topological polar surface area (TPSA) is 66.5 Å². The molecule has 1 heterocycles. The summed E-state index contributed by atoms with van der Waals surface area (Å²) in [7, 11) is -3.51. The van der Waals surface area contributed by atoms with E-state index < -0.39 is 10.0 Å². The molecule has 0 aliphatic carbocycles. The Labute approximate surface area is 155 Å². The summed E-state index contributed by atoms with van der Waals surface area (Å²) in [6.45, 7) is 3.64. The van der Waals surface area contributed by atoms with Crippen molar-refractivity contribution < 1.29 is 13.2 Å². The van der Waals surface area contributed by atoms with Crippen LogP contribution in [0.25, 0.3) is 0 Å². The molecule has 0 saturated carbocycles. The van der Waals surface area contributed by atoms with Gasteiger partial charge in [-0.2, -0.15) is 4.31 Å². The molecule has 3 rings (SSSR count). The van der Waals surface area contributed by atoms with E-state index in [4.69, 9.17) is 0 Å². The minimum absolute atomic E-state index is 0.186. The first kappa shape index (κ1) is 18.6. The molecule has 0 aromatic heterocycles. The third-order valence-corrected chi connectivity index (χ3v) is 6.48. The molecule has 1 fully saturated rings. The normalized spacial score (nSPS) is 15.1. The zero-order valence-electron chi connectivity index (χ0n) is 14.9. The van der Waals surface area contributed by atoms with E-state index in [1.54, 1.807) is 18.2 Å². The van der Waals surface area contributed by atoms with Crippen molar-refractivity contribution in [1.82, 2.24) is 9.62 Å². The van der Waals surface area contributed by atoms with Crippen LogP contribution in [0.2, 0.25) is 0 Å². The molecule has 5 nitrogen and oxygen atoms in total. The first-order valence-corrected chi connectivity index (χ1v) is 10.3. The summed E-state index contributed by atoms with van der Waals surface area (Å²) >= 11 is 0. The van der Waals surface area contributed by atoms with Crippen molar-refractivity contribution in [1.29, 1.82) is 0 Å². The molecule has 0 bridgehead atoms. The van der Waals surface area contributed by atoms with E-state index in [0.717, 1.165) is 24.8 Å². The molecule has 1 aliphatic heterocycles. The van der Waals surface area contributed by atoms with Gasteiger partial charge in [-0.1, -0.05) is 35.9 Å². The van der Waals surface area contributed by atoms with Gasteiger partial charge in [0.15, 0.2) is 0 Å². The van der Waals surface area contributed by atoms with Crippen molar-refractivity contribution >= 4 is 15.9 Å². The highest BCUT2D eigenvalue weighted by atomic mass is 32.2. The molecular formula is C20H24N2O3S. The molecule has 0 unspecified atom stereocenters. The van der Waals surface area contributed by atoms with Gasteiger partial charge in [-0.25, -0.2) is 8.42 Å². The molecule has 2 aromatic rings. The zero-order chi connectivity index (χ0) is 18.6. The van der Waals surface area contributed by atoms with E-state index in [2.05, 4.69) is 11.4 Å². The van der Waals surface area contributed by atoms with E-state index in [1.807, 2.05) is 25.1 Å². The van der Waals surface area contributed by atoms with Crippen LogP contribution in [0.4, 0.5) is 0 Å². The lowest BCUT2D eigenvalue weighted by Gasteiger charge is -2.16. The highest BCUT2D eigenvalue weighted by Crippen LogP contribution is 2.21. The number of carbonyl (C=O) groups excluding carboxylic acids is 1. The summed E-state index contributed by atoms with van der Waals surface area (Å²) in [5.41, 5.74) is 2.72. The van der Waals surface area contributed by atoms with Gasteiger partial charge in [-0.3, -0.25) is 4.79 Å². The van der Waals surface area contributed by atoms with Crippen molar-refractivity contribution in [3.8, 4) is 0 Å². The highest BCUT2D eigenvalue weighted by Gasteiger charge is 2.27. The van der Waals surface area contributed by atoms with Crippen molar-refractivity contribution in [3.63, 3.8) is 0 Å². The first-order valence-electron chi connectivity index (χ1n) is 8.91. The van der Waals surface area contributed by atoms with Gasteiger partial charge in [0.2, 0.25) is 10.0 Å². The van der Waals surface area contributed by atoms with Gasteiger partial charge in [0.25, 0.3) is 5.91 Å². The van der Waals surface area contributed by atoms with Crippen LogP contribution in [0, 0.1) is 6.92 Å². The monoisotopic (exact) mass is 372 g/mol. The SMILES string of the molecule is Cc1cccc(CCNC(=O)c2cccc(S(=O)(=O)N3CCCC3)c2)c1. The van der Waals surface area contributed by atoms with E-state index in [1.165, 1.54) is 15.9 Å². The Morgan fingerprint density at radius 3 is 2.54 bits per heavy atom. The maximum atomic E-state index is 12.6. The van der Waals surface area contributed by atoms with Crippen LogP contribution in [-0.2, 0) is 16.4 Å². The predicted molar refractivity (Wildman–Crippen MR) is 102 cm³/mol. The second kappa shape index (κ2) is 8.01. The Morgan fingerprint density at radius 1 is 1.08 bits per heavy atom. The lowest BCUT2D eigenvalue weighted by molar-refractivity contribution is 0.0954. The molecule has 0 radical (unpaired) electrons. The number of rotatable bonds is 6. The van der Waals surface area contributed by atoms with Crippen LogP contribution in [0.3, 0.4) is 0 Å². The largest absolute Gasteiger partial charge is 0.352 e. The Bertz CT molecular complexity index is 887. The molecule has 1 N–H and O–H groups in total. The highest BCUT2D eigenvalue weighted by molar-refractivity contribution is 7.89. The standard InChI is InChI=1S/C20H24N2O3S/c1-16-6-4-7-17(14-16)10-11-21-20(23)18-8-5-9-19(15-18)26(24,25)22-12-2-3-13-22/h4-9,14-15H,2-3,10-13H2,1H3,(H,21,23). The maximum absolute atomic E-state index is 12.6. The molecule has 138 valence electrons. The third kappa shape index (κ3) is 4.31. The predicted octanol–water partition coefficient (Wildman–Crippen LogP) is 2.75. The van der Waals surface area contributed by atoms with Crippen molar-refractivity contribution in [2.24, 2.45) is 0 Å². The van der Waals surface area contributed by atoms with Gasteiger partial charge in [0.05, 0.1) is 4.90 Å². The molecule has 6 heteroatoms. The fourth-order valence-electron chi connectivity index (χ4n) is 3.17. The van der Waals surface area contributed by atoms with E-state index in [-0.39, 0.29) is 10.8 Å². The third-order valence-electron chi connectivity index (χ3n) is 4.58. The Hall–Kier alpha value is -2.18. The van der Waals surface area contributed by atoms with Crippen LogP contribution >= 0.6 is 0 Å². The summed E-state index contributed by atoms with van der Waals surface area (Å²) in [4.78, 5) is 12.6. The van der Waals surface area contributed by atoms with Gasteiger partial charge in [0.1, 0.15) is 0 Å². The Balaban J connectivity index is 1.64. The number of nitrogens with zero attached hydrogens (tertiary/aromatic N) is 1. The molecule has 0 atom stereocenters. The summed E-state index contributed by atoms with van der Waals surface area (Å²) in [6.07, 6.45) is 2.51. The molecule has 1 saturated heterocycles. The minimum atomic E-state index is -3.51. The summed E-state index contributed by atoms with van der Waals surface area (Å²) in [5.74, 6) is -0.254. The number of hydrogen-bond acceptors (Lipinski definition) is 3. The Kier molecular flexibility index (Phi) is 5.74. The molecule has 1 amide bonds. The van der Waals surface area contributed by atoms with E-state index in [9.17, 15) is 13.2 Å². The molecule has 2 aromatic carbocycles. The smallest absolute Gasteiger partial charge is 0.251 e. The number of nitrogens with one attached hydrogen (secondary N) is 1. The first-order chi connectivity index (χ1) is 12.5. The van der Waals surface area contributed by atoms with Crippen molar-refractivity contribution in [2.45, 2.75) is 31.1 Å². The molecule has 1 aliphatic rings. The summed E-state index contributed by atoms with van der Waals surface area (Å²) in [5, 5.41) is 2.87. The average molecular weight is 372 g/mol. The molecule has 0 spiro atoms. The van der Waals surface area contributed by atoms with Gasteiger partial charge >= 0.3 is 0 Å². The fourth-order valence-corrected chi connectivity index (χ4v) is 4.73. The number of aryl methyl sites for hydroxylation is 1. The lowest BCUT2D eigenvalue weighted by atomic mass is 10.1. The van der Waals surface area contributed by atoms with Crippen LogP contribution in [-0.4, -0.2) is 38.3 Å². The van der Waals surface area contributed by atoms with Gasteiger partial charge in [-0.05, 0) is 49.9 Å². The van der Waals surface area contributed by atoms with Crippen molar-refractivity contribution in [3.05, 3.63) is 65.2 Å². The Morgan fingerprint density at radius 2 is 1.81 bits per heavy atom. The number of amides is 1. The molecule has 26 heavy (non-hydrogen) atoms. The average Bonchev–Trinajstić information content (AvgIpc) is 3.17. The second-order valence-electron chi connectivity index (χ2n) is 6.63. The van der Waals surface area contributed by atoms with Crippen LogP contribution in [0.15, 0.2) is 53.4 Å². The molecular weight excluding hydrogens is 348 g/mol. The van der Waals surface area contributed by atoms with Crippen LogP contribution in [0.1, 0.15) is 34.3 Å². The minimum Gasteiger partial charge on any atom is -0.352 e. The lowest BCUT2D eigenvalue weighted by Crippen LogP contribution is -2.29. The number of sulfonamides is 1. The maximum Gasteiger partial charge on any atom is 0.251 e. The zero-order valence-corrected chi connectivity index (χ0v) is 15.8. The van der Waals surface area contributed by atoms with Gasteiger partial charge in [0, 0.05) is 25.2 Å². The number of carbonyl (C=O) groups is 1. The second-order valence-corrected chi connectivity index (χ2v) is 8.57. The quantitative estimate of drug-likeness (QED) is 0.848. The van der Waals surface area contributed by atoms with E-state index in [0.29, 0.717) is 25.2 Å².